The van der Waals surface area contributed by atoms with Gasteiger partial charge in [-0.05, 0) is 59.9 Å². The van der Waals surface area contributed by atoms with Crippen molar-refractivity contribution < 1.29 is 18.4 Å². The van der Waals surface area contributed by atoms with Gasteiger partial charge in [0.1, 0.15) is 5.82 Å². The molecule has 0 spiro atoms. The van der Waals surface area contributed by atoms with Crippen LogP contribution in [-0.4, -0.2) is 23.7 Å². The number of carbonyl (C=O) groups is 2. The monoisotopic (exact) mass is 422 g/mol. The molecule has 0 saturated heterocycles. The number of aromatic nitrogens is 1. The number of Topliss-reactive ketones (excluding diaryl/α,β-unsaturated/α-hetero) is 1. The molecular weight excluding hydrogens is 398 g/mol. The van der Waals surface area contributed by atoms with E-state index in [2.05, 4.69) is 4.98 Å². The van der Waals surface area contributed by atoms with E-state index >= 15 is 0 Å². The lowest BCUT2D eigenvalue weighted by Crippen LogP contribution is -2.25. The van der Waals surface area contributed by atoms with Crippen LogP contribution in [0.4, 0.5) is 14.5 Å². The molecule has 0 radical (unpaired) electrons. The fourth-order valence-electron chi connectivity index (χ4n) is 3.44. The van der Waals surface area contributed by atoms with Crippen molar-refractivity contribution >= 4 is 17.4 Å². The van der Waals surface area contributed by atoms with E-state index < -0.39 is 11.8 Å². The number of hydrogen-bond acceptors (Lipinski definition) is 3. The van der Waals surface area contributed by atoms with Gasteiger partial charge in [-0.25, -0.2) is 9.37 Å². The van der Waals surface area contributed by atoms with Crippen LogP contribution < -0.4 is 4.90 Å². The van der Waals surface area contributed by atoms with E-state index in [1.807, 2.05) is 6.92 Å². The highest BCUT2D eigenvalue weighted by atomic mass is 19.1. The maximum atomic E-state index is 14.6. The van der Waals surface area contributed by atoms with Gasteiger partial charge in [0.25, 0.3) is 0 Å². The van der Waals surface area contributed by atoms with Crippen molar-refractivity contribution in [2.45, 2.75) is 33.1 Å². The number of rotatable bonds is 7. The first-order valence-corrected chi connectivity index (χ1v) is 10.1. The summed E-state index contributed by atoms with van der Waals surface area (Å²) in [5.74, 6) is -1.22. The summed E-state index contributed by atoms with van der Waals surface area (Å²) in [5, 5.41) is 0. The molecule has 0 fully saturated rings. The lowest BCUT2D eigenvalue weighted by molar-refractivity contribution is -0.118. The summed E-state index contributed by atoms with van der Waals surface area (Å²) < 4.78 is 27.5. The van der Waals surface area contributed by atoms with Crippen LogP contribution in [0.15, 0.2) is 54.7 Å². The van der Waals surface area contributed by atoms with Gasteiger partial charge in [-0.1, -0.05) is 31.2 Å². The second-order valence-electron chi connectivity index (χ2n) is 7.41. The second kappa shape index (κ2) is 9.60. The molecule has 3 aromatic rings. The van der Waals surface area contributed by atoms with Gasteiger partial charge in [0.15, 0.2) is 5.78 Å². The van der Waals surface area contributed by atoms with Crippen molar-refractivity contribution in [3.05, 3.63) is 83.2 Å². The largest absolute Gasteiger partial charge is 0.313 e. The number of aryl methyl sites for hydroxylation is 2. The van der Waals surface area contributed by atoms with Crippen molar-refractivity contribution in [1.82, 2.24) is 4.98 Å². The molecule has 3 rings (SSSR count). The molecule has 0 aliphatic carbocycles. The van der Waals surface area contributed by atoms with Crippen molar-refractivity contribution in [2.24, 2.45) is 0 Å². The highest BCUT2D eigenvalue weighted by Gasteiger charge is 2.15. The molecule has 4 nitrogen and oxygen atoms in total. The molecule has 6 heteroatoms. The van der Waals surface area contributed by atoms with Crippen LogP contribution in [0.1, 0.15) is 41.3 Å². The van der Waals surface area contributed by atoms with Gasteiger partial charge >= 0.3 is 0 Å². The molecule has 0 unspecified atom stereocenters. The number of halogens is 2. The first kappa shape index (κ1) is 22.3. The Hall–Kier alpha value is -3.41. The van der Waals surface area contributed by atoms with Crippen LogP contribution in [0.2, 0.25) is 0 Å². The molecule has 0 saturated carbocycles. The lowest BCUT2D eigenvalue weighted by Gasteiger charge is -2.18. The van der Waals surface area contributed by atoms with E-state index in [0.717, 1.165) is 16.7 Å². The zero-order valence-corrected chi connectivity index (χ0v) is 17.8. The number of carbonyl (C=O) groups excluding carboxylic acids is 2. The summed E-state index contributed by atoms with van der Waals surface area (Å²) in [5.41, 5.74) is 3.93. The third kappa shape index (κ3) is 5.20. The first-order chi connectivity index (χ1) is 14.8. The molecule has 31 heavy (non-hydrogen) atoms. The van der Waals surface area contributed by atoms with Crippen molar-refractivity contribution in [3.63, 3.8) is 0 Å². The number of ketones is 1. The Morgan fingerprint density at radius 1 is 1.03 bits per heavy atom. The highest BCUT2D eigenvalue weighted by molar-refractivity contribution is 5.97. The van der Waals surface area contributed by atoms with Crippen LogP contribution in [0.3, 0.4) is 0 Å². The average Bonchev–Trinajstić information content (AvgIpc) is 2.77. The predicted octanol–water partition coefficient (Wildman–Crippen LogP) is 5.52. The van der Waals surface area contributed by atoms with Gasteiger partial charge in [0.2, 0.25) is 11.9 Å². The number of anilines is 1. The van der Waals surface area contributed by atoms with Crippen LogP contribution in [0.5, 0.6) is 0 Å². The van der Waals surface area contributed by atoms with E-state index in [-0.39, 0.29) is 23.8 Å². The fourth-order valence-corrected chi connectivity index (χ4v) is 3.44. The average molecular weight is 422 g/mol. The Morgan fingerprint density at radius 2 is 1.81 bits per heavy atom. The van der Waals surface area contributed by atoms with Gasteiger partial charge in [-0.15, -0.1) is 0 Å². The third-order valence-corrected chi connectivity index (χ3v) is 5.27. The molecule has 0 bridgehead atoms. The Kier molecular flexibility index (Phi) is 6.90. The molecule has 0 atom stereocenters. The minimum atomic E-state index is -0.547. The molecule has 0 aliphatic rings. The summed E-state index contributed by atoms with van der Waals surface area (Å²) in [4.78, 5) is 29.3. The zero-order chi connectivity index (χ0) is 22.5. The molecule has 0 N–H and O–H groups in total. The Labute approximate surface area is 180 Å². The normalized spacial score (nSPS) is 10.7. The summed E-state index contributed by atoms with van der Waals surface area (Å²) in [7, 11) is 1.55. The van der Waals surface area contributed by atoms with Gasteiger partial charge < -0.3 is 4.90 Å². The Morgan fingerprint density at radius 3 is 2.42 bits per heavy atom. The SMILES string of the molecule is CCC(=O)N(C)c1ccc(-c2ccc(C(=O)CCc3ccc(F)nc3)cc2C)cc1F. The fraction of sp³-hybridized carbons (Fsp3) is 0.240. The van der Waals surface area contributed by atoms with E-state index in [0.29, 0.717) is 24.0 Å². The lowest BCUT2D eigenvalue weighted by atomic mass is 9.95. The quantitative estimate of drug-likeness (QED) is 0.372. The maximum Gasteiger partial charge on any atom is 0.226 e. The smallest absolute Gasteiger partial charge is 0.226 e. The second-order valence-corrected chi connectivity index (χ2v) is 7.41. The molecular formula is C25H24F2N2O2. The summed E-state index contributed by atoms with van der Waals surface area (Å²) in [6, 6.07) is 13.0. The van der Waals surface area contributed by atoms with Crippen molar-refractivity contribution in [2.75, 3.05) is 11.9 Å². The molecule has 1 heterocycles. The molecule has 0 aliphatic heterocycles. The number of amides is 1. The van der Waals surface area contributed by atoms with Gasteiger partial charge in [0, 0.05) is 31.6 Å². The first-order valence-electron chi connectivity index (χ1n) is 10.1. The summed E-state index contributed by atoms with van der Waals surface area (Å²) >= 11 is 0. The topological polar surface area (TPSA) is 50.3 Å². The van der Waals surface area contributed by atoms with Gasteiger partial charge in [-0.3, -0.25) is 9.59 Å². The summed E-state index contributed by atoms with van der Waals surface area (Å²) in [6.45, 7) is 3.60. The van der Waals surface area contributed by atoms with Crippen LogP contribution in [0, 0.1) is 18.7 Å². The number of pyridine rings is 1. The number of hydrogen-bond donors (Lipinski definition) is 0. The maximum absolute atomic E-state index is 14.6. The third-order valence-electron chi connectivity index (χ3n) is 5.27. The summed E-state index contributed by atoms with van der Waals surface area (Å²) in [6.07, 6.45) is 2.49. The van der Waals surface area contributed by atoms with Crippen molar-refractivity contribution in [3.8, 4) is 11.1 Å². The molecule has 160 valence electrons. The Bertz CT molecular complexity index is 1110. The molecule has 1 amide bonds. The van der Waals surface area contributed by atoms with Gasteiger partial charge in [0.05, 0.1) is 5.69 Å². The molecule has 1 aromatic heterocycles. The van der Waals surface area contributed by atoms with E-state index in [1.54, 1.807) is 50.4 Å². The van der Waals surface area contributed by atoms with Crippen LogP contribution in [-0.2, 0) is 11.2 Å². The number of nitrogens with zero attached hydrogens (tertiary/aromatic N) is 2. The highest BCUT2D eigenvalue weighted by Crippen LogP contribution is 2.29. The van der Waals surface area contributed by atoms with E-state index in [9.17, 15) is 18.4 Å². The van der Waals surface area contributed by atoms with Crippen molar-refractivity contribution in [1.29, 1.82) is 0 Å². The van der Waals surface area contributed by atoms with Crippen LogP contribution >= 0.6 is 0 Å². The van der Waals surface area contributed by atoms with E-state index in [4.69, 9.17) is 0 Å². The van der Waals surface area contributed by atoms with Crippen LogP contribution in [0.25, 0.3) is 11.1 Å². The Balaban J connectivity index is 1.75. The standard InChI is InChI=1S/C25H24F2N2O2/c1-4-25(31)29(3)22-10-8-18(14-21(22)26)20-9-7-19(13-16(20)2)23(30)11-5-17-6-12-24(27)28-15-17/h6-10,12-15H,4-5,11H2,1-3H3. The minimum absolute atomic E-state index is 0.0276. The number of benzene rings is 2. The zero-order valence-electron chi connectivity index (χ0n) is 17.8. The molecule has 2 aromatic carbocycles. The van der Waals surface area contributed by atoms with E-state index in [1.165, 1.54) is 23.2 Å². The predicted molar refractivity (Wildman–Crippen MR) is 117 cm³/mol. The minimum Gasteiger partial charge on any atom is -0.313 e. The van der Waals surface area contributed by atoms with Gasteiger partial charge in [-0.2, -0.15) is 4.39 Å².